The third-order valence-corrected chi connectivity index (χ3v) is 4.39. The molecular weight excluding hydrogens is 342 g/mol. The van der Waals surface area contributed by atoms with Gasteiger partial charge in [-0.3, -0.25) is 4.99 Å². The van der Waals surface area contributed by atoms with Crippen LogP contribution >= 0.6 is 11.6 Å². The molecule has 2 N–H and O–H groups in total. The molecule has 1 aliphatic heterocycles. The molecule has 140 valence electrons. The molecule has 1 aromatic carbocycles. The van der Waals surface area contributed by atoms with Crippen molar-refractivity contribution in [3.8, 4) is 5.75 Å². The number of methoxy groups -OCH3 is 1. The maximum atomic E-state index is 6.25. The van der Waals surface area contributed by atoms with Crippen molar-refractivity contribution in [1.82, 2.24) is 10.6 Å². The second-order valence-corrected chi connectivity index (χ2v) is 6.25. The zero-order valence-electron chi connectivity index (χ0n) is 15.0. The second-order valence-electron chi connectivity index (χ2n) is 5.84. The summed E-state index contributed by atoms with van der Waals surface area (Å²) in [6.45, 7) is 3.60. The molecule has 0 amide bonds. The molecule has 7 heteroatoms. The maximum absolute atomic E-state index is 6.25. The molecule has 1 fully saturated rings. The first-order chi connectivity index (χ1) is 12.2. The van der Waals surface area contributed by atoms with Gasteiger partial charge in [-0.05, 0) is 37.0 Å². The average molecular weight is 370 g/mol. The molecule has 6 nitrogen and oxygen atoms in total. The van der Waals surface area contributed by atoms with Crippen molar-refractivity contribution in [2.24, 2.45) is 4.99 Å². The van der Waals surface area contributed by atoms with Gasteiger partial charge >= 0.3 is 0 Å². The maximum Gasteiger partial charge on any atom is 0.191 e. The van der Waals surface area contributed by atoms with E-state index in [1.54, 1.807) is 14.2 Å². The highest BCUT2D eigenvalue weighted by Gasteiger charge is 2.14. The van der Waals surface area contributed by atoms with Gasteiger partial charge in [-0.15, -0.1) is 0 Å². The molecule has 2 rings (SSSR count). The SMILES string of the molecule is CN=C(NCCOCC1CCCO1)NCCc1ccc(OC)cc1Cl. The summed E-state index contributed by atoms with van der Waals surface area (Å²) < 4.78 is 16.3. The van der Waals surface area contributed by atoms with Crippen LogP contribution in [0, 0.1) is 0 Å². The van der Waals surface area contributed by atoms with E-state index in [0.29, 0.717) is 24.8 Å². The number of nitrogens with zero attached hydrogens (tertiary/aromatic N) is 1. The monoisotopic (exact) mass is 369 g/mol. The van der Waals surface area contributed by atoms with E-state index < -0.39 is 0 Å². The fourth-order valence-electron chi connectivity index (χ4n) is 2.63. The number of hydrogen-bond donors (Lipinski definition) is 2. The predicted octanol–water partition coefficient (Wildman–Crippen LogP) is 2.25. The molecule has 0 radical (unpaired) electrons. The molecule has 1 aliphatic rings. The van der Waals surface area contributed by atoms with Crippen LogP contribution in [-0.2, 0) is 15.9 Å². The third kappa shape index (κ3) is 7.10. The minimum Gasteiger partial charge on any atom is -0.497 e. The Labute approximate surface area is 154 Å². The van der Waals surface area contributed by atoms with Crippen molar-refractivity contribution in [3.63, 3.8) is 0 Å². The first-order valence-corrected chi connectivity index (χ1v) is 9.07. The van der Waals surface area contributed by atoms with Gasteiger partial charge in [0.15, 0.2) is 5.96 Å². The van der Waals surface area contributed by atoms with E-state index in [-0.39, 0.29) is 6.10 Å². The van der Waals surface area contributed by atoms with Gasteiger partial charge in [0.2, 0.25) is 0 Å². The predicted molar refractivity (Wildman–Crippen MR) is 101 cm³/mol. The van der Waals surface area contributed by atoms with Gasteiger partial charge in [0.05, 0.1) is 26.4 Å². The van der Waals surface area contributed by atoms with Crippen molar-refractivity contribution >= 4 is 17.6 Å². The van der Waals surface area contributed by atoms with Crippen molar-refractivity contribution in [2.45, 2.75) is 25.4 Å². The summed E-state index contributed by atoms with van der Waals surface area (Å²) in [6.07, 6.45) is 3.32. The van der Waals surface area contributed by atoms with Crippen LogP contribution in [0.25, 0.3) is 0 Å². The zero-order valence-corrected chi connectivity index (χ0v) is 15.8. The minimum absolute atomic E-state index is 0.270. The van der Waals surface area contributed by atoms with Crippen LogP contribution < -0.4 is 15.4 Å². The summed E-state index contributed by atoms with van der Waals surface area (Å²) >= 11 is 6.25. The van der Waals surface area contributed by atoms with Crippen LogP contribution in [0.2, 0.25) is 5.02 Å². The molecule has 0 aromatic heterocycles. The van der Waals surface area contributed by atoms with Gasteiger partial charge in [0, 0.05) is 31.8 Å². The van der Waals surface area contributed by atoms with Crippen LogP contribution in [0.3, 0.4) is 0 Å². The van der Waals surface area contributed by atoms with Crippen molar-refractivity contribution in [3.05, 3.63) is 28.8 Å². The third-order valence-electron chi connectivity index (χ3n) is 4.04. The summed E-state index contributed by atoms with van der Waals surface area (Å²) in [5, 5.41) is 7.22. The smallest absolute Gasteiger partial charge is 0.191 e. The fourth-order valence-corrected chi connectivity index (χ4v) is 2.89. The van der Waals surface area contributed by atoms with Gasteiger partial charge in [0.1, 0.15) is 5.75 Å². The summed E-state index contributed by atoms with van der Waals surface area (Å²) in [5.41, 5.74) is 1.07. The Morgan fingerprint density at radius 1 is 1.36 bits per heavy atom. The second kappa shape index (κ2) is 11.2. The molecular formula is C18H28ClN3O3. The molecule has 0 spiro atoms. The van der Waals surface area contributed by atoms with Crippen molar-refractivity contribution in [1.29, 1.82) is 0 Å². The molecule has 0 saturated carbocycles. The lowest BCUT2D eigenvalue weighted by molar-refractivity contribution is 0.0191. The Bertz CT molecular complexity index is 548. The summed E-state index contributed by atoms with van der Waals surface area (Å²) in [4.78, 5) is 4.21. The van der Waals surface area contributed by atoms with E-state index in [1.165, 1.54) is 0 Å². The number of ether oxygens (including phenoxy) is 3. The highest BCUT2D eigenvalue weighted by Crippen LogP contribution is 2.22. The summed E-state index contributed by atoms with van der Waals surface area (Å²) in [6, 6.07) is 5.73. The van der Waals surface area contributed by atoms with Crippen LogP contribution in [0.15, 0.2) is 23.2 Å². The van der Waals surface area contributed by atoms with Crippen molar-refractivity contribution in [2.75, 3.05) is 47.1 Å². The van der Waals surface area contributed by atoms with Gasteiger partial charge in [-0.1, -0.05) is 17.7 Å². The average Bonchev–Trinajstić information content (AvgIpc) is 3.14. The Hall–Kier alpha value is -1.50. The molecule has 0 aliphatic carbocycles. The fraction of sp³-hybridized carbons (Fsp3) is 0.611. The Kier molecular flexibility index (Phi) is 8.86. The van der Waals surface area contributed by atoms with E-state index in [0.717, 1.165) is 49.7 Å². The first-order valence-electron chi connectivity index (χ1n) is 8.69. The lowest BCUT2D eigenvalue weighted by Gasteiger charge is -2.14. The molecule has 1 heterocycles. The number of aliphatic imine (C=N–C) groups is 1. The Balaban J connectivity index is 1.59. The quantitative estimate of drug-likeness (QED) is 0.397. The highest BCUT2D eigenvalue weighted by molar-refractivity contribution is 6.31. The number of benzene rings is 1. The van der Waals surface area contributed by atoms with Gasteiger partial charge in [-0.25, -0.2) is 0 Å². The van der Waals surface area contributed by atoms with Crippen LogP contribution in [0.5, 0.6) is 5.75 Å². The topological polar surface area (TPSA) is 64.1 Å². The molecule has 1 saturated heterocycles. The number of guanidine groups is 1. The van der Waals surface area contributed by atoms with Gasteiger partial charge in [0.25, 0.3) is 0 Å². The lowest BCUT2D eigenvalue weighted by atomic mass is 10.1. The molecule has 1 atom stereocenters. The first kappa shape index (κ1) is 19.8. The molecule has 1 unspecified atom stereocenters. The van der Waals surface area contributed by atoms with E-state index in [4.69, 9.17) is 25.8 Å². The molecule has 25 heavy (non-hydrogen) atoms. The normalized spacial score (nSPS) is 17.6. The van der Waals surface area contributed by atoms with E-state index >= 15 is 0 Å². The number of hydrogen-bond acceptors (Lipinski definition) is 4. The van der Waals surface area contributed by atoms with Gasteiger partial charge < -0.3 is 24.8 Å². The summed E-state index contributed by atoms with van der Waals surface area (Å²) in [7, 11) is 3.38. The summed E-state index contributed by atoms with van der Waals surface area (Å²) in [5.74, 6) is 1.52. The largest absolute Gasteiger partial charge is 0.497 e. The number of halogens is 1. The Morgan fingerprint density at radius 2 is 2.20 bits per heavy atom. The van der Waals surface area contributed by atoms with Crippen LogP contribution in [-0.4, -0.2) is 59.1 Å². The van der Waals surface area contributed by atoms with Crippen LogP contribution in [0.4, 0.5) is 0 Å². The standard InChI is InChI=1S/C18H28ClN3O3/c1-20-18(22-9-11-24-13-16-4-3-10-25-16)21-8-7-14-5-6-15(23-2)12-17(14)19/h5-6,12,16H,3-4,7-11,13H2,1-2H3,(H2,20,21,22). The number of rotatable bonds is 9. The van der Waals surface area contributed by atoms with Gasteiger partial charge in [-0.2, -0.15) is 0 Å². The number of nitrogens with one attached hydrogen (secondary N) is 2. The minimum atomic E-state index is 0.270. The van der Waals surface area contributed by atoms with E-state index in [9.17, 15) is 0 Å². The molecule has 1 aromatic rings. The van der Waals surface area contributed by atoms with Crippen molar-refractivity contribution < 1.29 is 14.2 Å². The zero-order chi connectivity index (χ0) is 17.9. The highest BCUT2D eigenvalue weighted by atomic mass is 35.5. The Morgan fingerprint density at radius 3 is 2.88 bits per heavy atom. The lowest BCUT2D eigenvalue weighted by Crippen LogP contribution is -2.40. The van der Waals surface area contributed by atoms with Crippen LogP contribution in [0.1, 0.15) is 18.4 Å². The van der Waals surface area contributed by atoms with E-state index in [1.807, 2.05) is 18.2 Å². The molecule has 0 bridgehead atoms. The van der Waals surface area contributed by atoms with E-state index in [2.05, 4.69) is 15.6 Å².